The van der Waals surface area contributed by atoms with E-state index in [4.69, 9.17) is 4.74 Å². The van der Waals surface area contributed by atoms with E-state index in [1.165, 1.54) is 9.70 Å². The van der Waals surface area contributed by atoms with Crippen LogP contribution in [0, 0.1) is 0 Å². The average Bonchev–Trinajstić information content (AvgIpc) is 3.52. The van der Waals surface area contributed by atoms with Gasteiger partial charge in [0.15, 0.2) is 0 Å². The van der Waals surface area contributed by atoms with E-state index >= 15 is 0 Å². The molecule has 0 atom stereocenters. The molecule has 1 N–H and O–H groups in total. The van der Waals surface area contributed by atoms with Crippen molar-refractivity contribution in [3.8, 4) is 17.2 Å². The van der Waals surface area contributed by atoms with Crippen molar-refractivity contribution >= 4 is 22.8 Å². The summed E-state index contributed by atoms with van der Waals surface area (Å²) in [7, 11) is 0. The minimum atomic E-state index is -0.578. The molecule has 218 valence electrons. The van der Waals surface area contributed by atoms with Crippen LogP contribution >= 0.6 is 0 Å². The molecule has 1 aliphatic heterocycles. The number of ether oxygens (including phenoxy) is 1. The highest BCUT2D eigenvalue weighted by Crippen LogP contribution is 2.42. The number of benzene rings is 4. The Balaban J connectivity index is 1.24. The summed E-state index contributed by atoms with van der Waals surface area (Å²) in [5.74, 6) is 0.157. The number of amides is 2. The second kappa shape index (κ2) is 10.4. The number of fused-ring (bicyclic) bond motifs is 2. The summed E-state index contributed by atoms with van der Waals surface area (Å²) in [4.78, 5) is 28.0. The summed E-state index contributed by atoms with van der Waals surface area (Å²) in [6, 6.07) is 26.2. The molecule has 0 unspecified atom stereocenters. The van der Waals surface area contributed by atoms with Gasteiger partial charge in [0.2, 0.25) is 0 Å². The molecular weight excluding hydrogens is 540 g/mol. The Bertz CT molecular complexity index is 1800. The van der Waals surface area contributed by atoms with Gasteiger partial charge in [0.05, 0.1) is 17.7 Å². The number of nitrogens with zero attached hydrogens (tertiary/aromatic N) is 4. The van der Waals surface area contributed by atoms with Crippen LogP contribution in [0.25, 0.3) is 16.7 Å². The Morgan fingerprint density at radius 1 is 0.744 bits per heavy atom. The topological polar surface area (TPSA) is 97.6 Å². The number of hydrogen-bond acceptors (Lipinski definition) is 6. The van der Waals surface area contributed by atoms with Crippen molar-refractivity contribution in [2.45, 2.75) is 45.4 Å². The van der Waals surface area contributed by atoms with Crippen molar-refractivity contribution in [1.82, 2.24) is 19.9 Å². The molecule has 0 saturated heterocycles. The first-order valence-electron chi connectivity index (χ1n) is 14.3. The van der Waals surface area contributed by atoms with Crippen LogP contribution in [0.5, 0.6) is 11.5 Å². The van der Waals surface area contributed by atoms with Crippen molar-refractivity contribution < 1.29 is 19.4 Å². The number of aromatic nitrogens is 3. The van der Waals surface area contributed by atoms with E-state index < -0.39 is 5.41 Å². The third-order valence-electron chi connectivity index (χ3n) is 8.17. The number of aromatic hydroxyl groups is 1. The van der Waals surface area contributed by atoms with E-state index in [0.717, 1.165) is 27.7 Å². The van der Waals surface area contributed by atoms with Crippen LogP contribution in [-0.4, -0.2) is 50.0 Å². The first kappa shape index (κ1) is 28.2. The predicted molar refractivity (Wildman–Crippen MR) is 165 cm³/mol. The van der Waals surface area contributed by atoms with E-state index in [1.807, 2.05) is 54.6 Å². The molecule has 0 fully saturated rings. The largest absolute Gasteiger partial charge is 0.505 e. The van der Waals surface area contributed by atoms with Crippen molar-refractivity contribution in [3.05, 3.63) is 113 Å². The Morgan fingerprint density at radius 3 is 1.86 bits per heavy atom. The quantitative estimate of drug-likeness (QED) is 0.225. The number of hydrogen-bond donors (Lipinski definition) is 1. The second-order valence-electron chi connectivity index (χ2n) is 12.4. The van der Waals surface area contributed by atoms with Gasteiger partial charge >= 0.3 is 0 Å². The van der Waals surface area contributed by atoms with Crippen LogP contribution in [0.1, 0.15) is 72.0 Å². The van der Waals surface area contributed by atoms with E-state index in [9.17, 15) is 14.7 Å². The monoisotopic (exact) mass is 574 g/mol. The van der Waals surface area contributed by atoms with Crippen molar-refractivity contribution in [1.29, 1.82) is 0 Å². The van der Waals surface area contributed by atoms with Gasteiger partial charge in [-0.25, -0.2) is 0 Å². The van der Waals surface area contributed by atoms with Crippen LogP contribution < -0.4 is 4.74 Å². The van der Waals surface area contributed by atoms with E-state index in [2.05, 4.69) is 50.9 Å². The lowest BCUT2D eigenvalue weighted by Gasteiger charge is -2.30. The Labute approximate surface area is 250 Å². The predicted octanol–water partition coefficient (Wildman–Crippen LogP) is 6.42. The van der Waals surface area contributed by atoms with Gasteiger partial charge in [0.1, 0.15) is 34.8 Å². The average molecular weight is 575 g/mol. The van der Waals surface area contributed by atoms with Gasteiger partial charge in [-0.3, -0.25) is 14.5 Å². The molecule has 43 heavy (non-hydrogen) atoms. The molecule has 0 saturated carbocycles. The zero-order valence-corrected chi connectivity index (χ0v) is 25.0. The molecule has 5 aromatic rings. The maximum absolute atomic E-state index is 12.6. The third-order valence-corrected chi connectivity index (χ3v) is 8.17. The molecule has 0 aliphatic carbocycles. The fourth-order valence-electron chi connectivity index (χ4n) is 5.47. The Hall–Kier alpha value is -4.98. The summed E-state index contributed by atoms with van der Waals surface area (Å²) in [5, 5.41) is 20.9. The number of phenols is 1. The molecule has 1 aromatic heterocycles. The fourth-order valence-corrected chi connectivity index (χ4v) is 5.47. The first-order valence-corrected chi connectivity index (χ1v) is 14.3. The molecule has 2 heterocycles. The Kier molecular flexibility index (Phi) is 6.80. The van der Waals surface area contributed by atoms with Crippen LogP contribution in [-0.2, 0) is 10.8 Å². The molecule has 1 aliphatic rings. The normalized spacial score (nSPS) is 13.6. The molecule has 0 spiro atoms. The van der Waals surface area contributed by atoms with Crippen LogP contribution in [0.15, 0.2) is 84.9 Å². The van der Waals surface area contributed by atoms with Crippen molar-refractivity contribution in [3.63, 3.8) is 0 Å². The zero-order chi connectivity index (χ0) is 30.5. The molecular formula is C35H34N4O4. The maximum atomic E-state index is 12.6. The summed E-state index contributed by atoms with van der Waals surface area (Å²) in [6.45, 7) is 10.9. The SMILES string of the molecule is CC(C)(C)c1cc(-n2nc3ccccc3n2)c(O)c(C(C)(C)c2ccc(OCCN3C(=O)c4ccccc4C3=O)cc2)c1. The fraction of sp³-hybridized carbons (Fsp3) is 0.257. The van der Waals surface area contributed by atoms with Crippen molar-refractivity contribution in [2.75, 3.05) is 13.2 Å². The number of carbonyl (C=O) groups excluding carboxylic acids is 2. The van der Waals surface area contributed by atoms with E-state index in [1.54, 1.807) is 24.3 Å². The second-order valence-corrected chi connectivity index (χ2v) is 12.4. The molecule has 8 heteroatoms. The van der Waals surface area contributed by atoms with Gasteiger partial charge in [-0.2, -0.15) is 0 Å². The molecule has 2 amide bonds. The number of carbonyl (C=O) groups is 2. The highest BCUT2D eigenvalue weighted by molar-refractivity contribution is 6.21. The van der Waals surface area contributed by atoms with Gasteiger partial charge in [-0.05, 0) is 59.0 Å². The van der Waals surface area contributed by atoms with Crippen LogP contribution in [0.4, 0.5) is 0 Å². The summed E-state index contributed by atoms with van der Waals surface area (Å²) < 4.78 is 5.91. The van der Waals surface area contributed by atoms with Gasteiger partial charge in [-0.15, -0.1) is 15.0 Å². The standard InChI is InChI=1S/C35H34N4O4/c1-34(2,3)23-20-27(31(40)30(21-23)39-36-28-12-8-9-13-29(28)37-39)35(4,5)22-14-16-24(17-15-22)43-19-18-38-32(41)25-10-6-7-11-26(25)33(38)42/h6-17,20-21,40H,18-19H2,1-5H3. The number of rotatable bonds is 7. The highest BCUT2D eigenvalue weighted by atomic mass is 16.5. The minimum absolute atomic E-state index is 0.125. The van der Waals surface area contributed by atoms with Gasteiger partial charge in [-0.1, -0.05) is 77.1 Å². The molecule has 0 radical (unpaired) electrons. The molecule has 0 bridgehead atoms. The molecule has 8 nitrogen and oxygen atoms in total. The lowest BCUT2D eigenvalue weighted by molar-refractivity contribution is 0.0631. The summed E-state index contributed by atoms with van der Waals surface area (Å²) >= 11 is 0. The summed E-state index contributed by atoms with van der Waals surface area (Å²) in [5.41, 5.74) is 4.92. The lowest BCUT2D eigenvalue weighted by Crippen LogP contribution is -2.33. The Morgan fingerprint density at radius 2 is 1.30 bits per heavy atom. The third kappa shape index (κ3) is 5.03. The summed E-state index contributed by atoms with van der Waals surface area (Å²) in [6.07, 6.45) is 0. The smallest absolute Gasteiger partial charge is 0.261 e. The number of imide groups is 1. The van der Waals surface area contributed by atoms with Gasteiger partial charge in [0, 0.05) is 11.0 Å². The minimum Gasteiger partial charge on any atom is -0.505 e. The van der Waals surface area contributed by atoms with E-state index in [0.29, 0.717) is 22.6 Å². The maximum Gasteiger partial charge on any atom is 0.261 e. The van der Waals surface area contributed by atoms with Gasteiger partial charge in [0.25, 0.3) is 11.8 Å². The molecule has 4 aromatic carbocycles. The molecule has 6 rings (SSSR count). The van der Waals surface area contributed by atoms with Crippen LogP contribution in [0.2, 0.25) is 0 Å². The number of phenolic OH excluding ortho intramolecular Hbond substituents is 1. The van der Waals surface area contributed by atoms with Crippen molar-refractivity contribution in [2.24, 2.45) is 0 Å². The zero-order valence-electron chi connectivity index (χ0n) is 25.0. The van der Waals surface area contributed by atoms with E-state index in [-0.39, 0.29) is 36.1 Å². The van der Waals surface area contributed by atoms with Crippen LogP contribution in [0.3, 0.4) is 0 Å². The highest BCUT2D eigenvalue weighted by Gasteiger charge is 2.35. The van der Waals surface area contributed by atoms with Gasteiger partial charge < -0.3 is 9.84 Å². The lowest BCUT2D eigenvalue weighted by atomic mass is 9.75. The first-order chi connectivity index (χ1) is 20.4.